The van der Waals surface area contributed by atoms with Gasteiger partial charge in [-0.3, -0.25) is 10.1 Å². The molecule has 8 heteroatoms. The van der Waals surface area contributed by atoms with Gasteiger partial charge in [0.2, 0.25) is 0 Å². The van der Waals surface area contributed by atoms with Crippen LogP contribution in [-0.2, 0) is 6.18 Å². The van der Waals surface area contributed by atoms with Crippen molar-refractivity contribution < 1.29 is 18.1 Å². The maximum absolute atomic E-state index is 12.3. The highest BCUT2D eigenvalue weighted by molar-refractivity contribution is 9.10. The zero-order valence-corrected chi connectivity index (χ0v) is 8.59. The Kier molecular flexibility index (Phi) is 2.89. The van der Waals surface area contributed by atoms with E-state index in [0.717, 1.165) is 6.07 Å². The van der Waals surface area contributed by atoms with E-state index in [1.165, 1.54) is 0 Å². The minimum atomic E-state index is -4.70. The Bertz CT molecular complexity index is 419. The van der Waals surface area contributed by atoms with E-state index < -0.39 is 28.0 Å². The van der Waals surface area contributed by atoms with Crippen LogP contribution in [0.1, 0.15) is 5.56 Å². The van der Waals surface area contributed by atoms with Crippen molar-refractivity contribution in [2.45, 2.75) is 6.18 Å². The normalized spacial score (nSPS) is 11.5. The predicted octanol–water partition coefficient (Wildman–Crippen LogP) is 2.96. The van der Waals surface area contributed by atoms with Crippen molar-refractivity contribution in [3.8, 4) is 0 Å². The SMILES string of the molecule is Nc1cc(Br)c([N+](=O)[O-])cc1C(F)(F)F. The lowest BCUT2D eigenvalue weighted by Crippen LogP contribution is -2.09. The third kappa shape index (κ3) is 2.38. The topological polar surface area (TPSA) is 69.2 Å². The number of alkyl halides is 3. The average Bonchev–Trinajstić information content (AvgIpc) is 2.00. The van der Waals surface area contributed by atoms with Gasteiger partial charge in [-0.1, -0.05) is 0 Å². The molecule has 4 nitrogen and oxygen atoms in total. The van der Waals surface area contributed by atoms with Crippen LogP contribution in [-0.4, -0.2) is 4.92 Å². The number of nitrogen functional groups attached to an aromatic ring is 1. The Balaban J connectivity index is 3.43. The number of nitrogens with zero attached hydrogens (tertiary/aromatic N) is 1. The second kappa shape index (κ2) is 3.69. The van der Waals surface area contributed by atoms with Crippen LogP contribution in [0.3, 0.4) is 0 Å². The summed E-state index contributed by atoms with van der Waals surface area (Å²) in [5.41, 5.74) is 2.67. The molecule has 1 aromatic carbocycles. The van der Waals surface area contributed by atoms with E-state index in [4.69, 9.17) is 5.73 Å². The van der Waals surface area contributed by atoms with Crippen molar-refractivity contribution in [3.63, 3.8) is 0 Å². The van der Waals surface area contributed by atoms with E-state index in [-0.39, 0.29) is 4.47 Å². The minimum Gasteiger partial charge on any atom is -0.398 e. The first-order valence-electron chi connectivity index (χ1n) is 3.54. The third-order valence-electron chi connectivity index (χ3n) is 1.62. The average molecular weight is 285 g/mol. The molecule has 0 aromatic heterocycles. The van der Waals surface area contributed by atoms with E-state index in [1.54, 1.807) is 0 Å². The lowest BCUT2D eigenvalue weighted by Gasteiger charge is -2.09. The number of benzene rings is 1. The number of halogens is 4. The number of hydrogen-bond acceptors (Lipinski definition) is 3. The molecule has 0 unspecified atom stereocenters. The van der Waals surface area contributed by atoms with Crippen molar-refractivity contribution in [1.29, 1.82) is 0 Å². The number of rotatable bonds is 1. The Labute approximate surface area is 90.2 Å². The zero-order chi connectivity index (χ0) is 11.8. The fraction of sp³-hybridized carbons (Fsp3) is 0.143. The molecule has 0 aliphatic heterocycles. The maximum atomic E-state index is 12.3. The van der Waals surface area contributed by atoms with Gasteiger partial charge in [0.05, 0.1) is 15.0 Å². The summed E-state index contributed by atoms with van der Waals surface area (Å²) in [5.74, 6) is 0. The van der Waals surface area contributed by atoms with Gasteiger partial charge in [-0.15, -0.1) is 0 Å². The highest BCUT2D eigenvalue weighted by atomic mass is 79.9. The van der Waals surface area contributed by atoms with E-state index in [0.29, 0.717) is 6.07 Å². The molecule has 82 valence electrons. The molecule has 0 amide bonds. The molecule has 0 heterocycles. The molecule has 0 saturated carbocycles. The summed E-state index contributed by atoms with van der Waals surface area (Å²) in [4.78, 5) is 9.46. The summed E-state index contributed by atoms with van der Waals surface area (Å²) in [6.45, 7) is 0. The van der Waals surface area contributed by atoms with Crippen LogP contribution in [0, 0.1) is 10.1 Å². The molecule has 0 spiro atoms. The van der Waals surface area contributed by atoms with Gasteiger partial charge in [-0.25, -0.2) is 0 Å². The Morgan fingerprint density at radius 3 is 2.33 bits per heavy atom. The molecule has 0 bridgehead atoms. The molecule has 1 aromatic rings. The van der Waals surface area contributed by atoms with Crippen LogP contribution < -0.4 is 5.73 Å². The zero-order valence-electron chi connectivity index (χ0n) is 7.01. The molecule has 2 N–H and O–H groups in total. The number of anilines is 1. The first-order chi connectivity index (χ1) is 6.73. The molecule has 0 aliphatic rings. The van der Waals surface area contributed by atoms with Crippen LogP contribution in [0.15, 0.2) is 16.6 Å². The largest absolute Gasteiger partial charge is 0.418 e. The van der Waals surface area contributed by atoms with Crippen LogP contribution >= 0.6 is 15.9 Å². The molecule has 0 atom stereocenters. The predicted molar refractivity (Wildman–Crippen MR) is 50.2 cm³/mol. The van der Waals surface area contributed by atoms with Gasteiger partial charge < -0.3 is 5.73 Å². The van der Waals surface area contributed by atoms with Crippen molar-refractivity contribution in [2.24, 2.45) is 0 Å². The van der Waals surface area contributed by atoms with E-state index in [2.05, 4.69) is 15.9 Å². The second-order valence-corrected chi connectivity index (χ2v) is 3.50. The summed E-state index contributed by atoms with van der Waals surface area (Å²) in [5, 5.41) is 10.4. The van der Waals surface area contributed by atoms with Crippen LogP contribution in [0.2, 0.25) is 0 Å². The van der Waals surface area contributed by atoms with Crippen molar-refractivity contribution in [3.05, 3.63) is 32.3 Å². The highest BCUT2D eigenvalue weighted by Gasteiger charge is 2.35. The number of nitro groups is 1. The van der Waals surface area contributed by atoms with Gasteiger partial charge in [-0.05, 0) is 22.0 Å². The number of hydrogen-bond donors (Lipinski definition) is 1. The molecule has 0 saturated heterocycles. The lowest BCUT2D eigenvalue weighted by molar-refractivity contribution is -0.385. The number of nitro benzene ring substituents is 1. The molecule has 0 fully saturated rings. The van der Waals surface area contributed by atoms with Crippen LogP contribution in [0.5, 0.6) is 0 Å². The van der Waals surface area contributed by atoms with Crippen molar-refractivity contribution in [2.75, 3.05) is 5.73 Å². The first kappa shape index (κ1) is 11.8. The summed E-state index contributed by atoms with van der Waals surface area (Å²) >= 11 is 2.76. The maximum Gasteiger partial charge on any atom is 0.418 e. The van der Waals surface area contributed by atoms with Gasteiger partial charge in [-0.2, -0.15) is 13.2 Å². The minimum absolute atomic E-state index is 0.0852. The second-order valence-electron chi connectivity index (χ2n) is 2.65. The standard InChI is InChI=1S/C7H4BrF3N2O2/c8-4-2-5(12)3(7(9,10)11)1-6(4)13(14)15/h1-2H,12H2. The van der Waals surface area contributed by atoms with E-state index in [1.807, 2.05) is 0 Å². The summed E-state index contributed by atoms with van der Waals surface area (Å²) in [6, 6.07) is 1.26. The van der Waals surface area contributed by atoms with Crippen LogP contribution in [0.4, 0.5) is 24.5 Å². The first-order valence-corrected chi connectivity index (χ1v) is 4.33. The molecule has 1 rings (SSSR count). The molecule has 0 aliphatic carbocycles. The molecular weight excluding hydrogens is 281 g/mol. The van der Waals surface area contributed by atoms with Crippen molar-refractivity contribution >= 4 is 27.3 Å². The summed E-state index contributed by atoms with van der Waals surface area (Å²) < 4.78 is 36.8. The quantitative estimate of drug-likeness (QED) is 0.490. The molecule has 0 radical (unpaired) electrons. The van der Waals surface area contributed by atoms with Gasteiger partial charge in [0.1, 0.15) is 0 Å². The van der Waals surface area contributed by atoms with Crippen molar-refractivity contribution in [1.82, 2.24) is 0 Å². The Morgan fingerprint density at radius 2 is 1.93 bits per heavy atom. The molecule has 15 heavy (non-hydrogen) atoms. The molecular formula is C7H4BrF3N2O2. The highest BCUT2D eigenvalue weighted by Crippen LogP contribution is 2.38. The Morgan fingerprint density at radius 1 is 1.40 bits per heavy atom. The smallest absolute Gasteiger partial charge is 0.398 e. The van der Waals surface area contributed by atoms with E-state index in [9.17, 15) is 23.3 Å². The summed E-state index contributed by atoms with van der Waals surface area (Å²) in [6.07, 6.45) is -4.70. The van der Waals surface area contributed by atoms with E-state index >= 15 is 0 Å². The summed E-state index contributed by atoms with van der Waals surface area (Å²) in [7, 11) is 0. The van der Waals surface area contributed by atoms with Gasteiger partial charge >= 0.3 is 6.18 Å². The van der Waals surface area contributed by atoms with Gasteiger partial charge in [0.25, 0.3) is 5.69 Å². The lowest BCUT2D eigenvalue weighted by atomic mass is 10.1. The number of nitrogens with two attached hydrogens (primary N) is 1. The van der Waals surface area contributed by atoms with Gasteiger partial charge in [0.15, 0.2) is 0 Å². The Hall–Kier alpha value is -1.31. The van der Waals surface area contributed by atoms with Gasteiger partial charge in [0, 0.05) is 11.8 Å². The fourth-order valence-corrected chi connectivity index (χ4v) is 1.47. The monoisotopic (exact) mass is 284 g/mol. The fourth-order valence-electron chi connectivity index (χ4n) is 0.963. The van der Waals surface area contributed by atoms with Crippen LogP contribution in [0.25, 0.3) is 0 Å². The third-order valence-corrected chi connectivity index (χ3v) is 2.26.